The maximum absolute atomic E-state index is 11.9. The Kier molecular flexibility index (Phi) is 4.62. The van der Waals surface area contributed by atoms with Gasteiger partial charge in [0.2, 0.25) is 0 Å². The van der Waals surface area contributed by atoms with Gasteiger partial charge in [-0.15, -0.1) is 0 Å². The van der Waals surface area contributed by atoms with Gasteiger partial charge in [0.1, 0.15) is 0 Å². The Morgan fingerprint density at radius 2 is 1.86 bits per heavy atom. The van der Waals surface area contributed by atoms with E-state index < -0.39 is 0 Å². The molecule has 5 heteroatoms. The lowest BCUT2D eigenvalue weighted by Crippen LogP contribution is -2.36. The van der Waals surface area contributed by atoms with Crippen LogP contribution in [-0.4, -0.2) is 11.2 Å². The van der Waals surface area contributed by atoms with Gasteiger partial charge in [-0.05, 0) is 33.3 Å². The van der Waals surface area contributed by atoms with Gasteiger partial charge in [-0.1, -0.05) is 34.5 Å². The van der Waals surface area contributed by atoms with Crippen LogP contribution in [0.4, 0.5) is 4.79 Å². The Morgan fingerprint density at radius 1 is 1.19 bits per heavy atom. The average molecular weight is 287 g/mol. The summed E-state index contributed by atoms with van der Waals surface area (Å²) in [7, 11) is 0. The third kappa shape index (κ3) is 4.34. The standard InChI is InChI=1S/C16H21N3O2/c1-10-5-11(2)7-14(6-10)13(4)18-16(20)17-9-15-8-12(3)19-21-15/h5-8,13H,9H2,1-4H3,(H2,17,18,20). The van der Waals surface area contributed by atoms with E-state index in [2.05, 4.69) is 47.8 Å². The third-order valence-electron chi connectivity index (χ3n) is 3.19. The molecule has 2 amide bonds. The van der Waals surface area contributed by atoms with Crippen LogP contribution in [0.2, 0.25) is 0 Å². The number of aromatic nitrogens is 1. The molecule has 1 aromatic heterocycles. The number of carbonyl (C=O) groups excluding carboxylic acids is 1. The summed E-state index contributed by atoms with van der Waals surface area (Å²) in [6.07, 6.45) is 0. The predicted octanol–water partition coefficient (Wildman–Crippen LogP) is 3.16. The van der Waals surface area contributed by atoms with E-state index in [1.165, 1.54) is 11.1 Å². The Labute approximate surface area is 124 Å². The monoisotopic (exact) mass is 287 g/mol. The van der Waals surface area contributed by atoms with Crippen LogP contribution >= 0.6 is 0 Å². The third-order valence-corrected chi connectivity index (χ3v) is 3.19. The number of hydrogen-bond acceptors (Lipinski definition) is 3. The van der Waals surface area contributed by atoms with Crippen LogP contribution in [0.25, 0.3) is 0 Å². The van der Waals surface area contributed by atoms with Crippen molar-refractivity contribution in [1.82, 2.24) is 15.8 Å². The number of aryl methyl sites for hydroxylation is 3. The zero-order valence-electron chi connectivity index (χ0n) is 12.9. The number of nitrogens with zero attached hydrogens (tertiary/aromatic N) is 1. The normalized spacial score (nSPS) is 12.0. The topological polar surface area (TPSA) is 67.2 Å². The number of carbonyl (C=O) groups is 1. The highest BCUT2D eigenvalue weighted by molar-refractivity contribution is 5.74. The lowest BCUT2D eigenvalue weighted by atomic mass is 10.0. The molecular formula is C16H21N3O2. The number of hydrogen-bond donors (Lipinski definition) is 2. The van der Waals surface area contributed by atoms with Gasteiger partial charge in [0.15, 0.2) is 5.76 Å². The van der Waals surface area contributed by atoms with E-state index in [4.69, 9.17) is 4.52 Å². The molecule has 112 valence electrons. The van der Waals surface area contributed by atoms with Crippen molar-refractivity contribution in [1.29, 1.82) is 0 Å². The summed E-state index contributed by atoms with van der Waals surface area (Å²) in [5, 5.41) is 9.45. The highest BCUT2D eigenvalue weighted by atomic mass is 16.5. The second-order valence-electron chi connectivity index (χ2n) is 5.40. The summed E-state index contributed by atoms with van der Waals surface area (Å²) < 4.78 is 5.04. The number of nitrogens with one attached hydrogen (secondary N) is 2. The lowest BCUT2D eigenvalue weighted by molar-refractivity contribution is 0.236. The molecule has 2 aromatic rings. The largest absolute Gasteiger partial charge is 0.359 e. The van der Waals surface area contributed by atoms with E-state index in [0.29, 0.717) is 12.3 Å². The Balaban J connectivity index is 1.89. The van der Waals surface area contributed by atoms with Gasteiger partial charge >= 0.3 is 6.03 Å². The fourth-order valence-electron chi connectivity index (χ4n) is 2.26. The molecule has 1 heterocycles. The molecule has 0 aliphatic carbocycles. The minimum atomic E-state index is -0.226. The van der Waals surface area contributed by atoms with Gasteiger partial charge in [-0.3, -0.25) is 0 Å². The minimum absolute atomic E-state index is 0.0555. The van der Waals surface area contributed by atoms with Crippen LogP contribution in [0.3, 0.4) is 0 Å². The Hall–Kier alpha value is -2.30. The van der Waals surface area contributed by atoms with Gasteiger partial charge in [0.05, 0.1) is 18.3 Å². The Morgan fingerprint density at radius 3 is 2.43 bits per heavy atom. The minimum Gasteiger partial charge on any atom is -0.359 e. The molecule has 0 radical (unpaired) electrons. The predicted molar refractivity (Wildman–Crippen MR) is 80.9 cm³/mol. The fraction of sp³-hybridized carbons (Fsp3) is 0.375. The first-order valence-electron chi connectivity index (χ1n) is 6.99. The van der Waals surface area contributed by atoms with Crippen LogP contribution in [0.5, 0.6) is 0 Å². The van der Waals surface area contributed by atoms with E-state index in [0.717, 1.165) is 11.3 Å². The molecule has 0 spiro atoms. The fourth-order valence-corrected chi connectivity index (χ4v) is 2.26. The molecule has 0 aliphatic rings. The van der Waals surface area contributed by atoms with Crippen molar-refractivity contribution in [3.63, 3.8) is 0 Å². The average Bonchev–Trinajstić information content (AvgIpc) is 2.81. The molecule has 0 aliphatic heterocycles. The molecule has 1 atom stereocenters. The summed E-state index contributed by atoms with van der Waals surface area (Å²) >= 11 is 0. The molecule has 0 saturated heterocycles. The van der Waals surface area contributed by atoms with E-state index in [1.54, 1.807) is 6.07 Å². The molecule has 2 N–H and O–H groups in total. The number of amides is 2. The SMILES string of the molecule is Cc1cc(C)cc(C(C)NC(=O)NCc2cc(C)no2)c1. The summed E-state index contributed by atoms with van der Waals surface area (Å²) in [4.78, 5) is 11.9. The van der Waals surface area contributed by atoms with Crippen LogP contribution in [0.15, 0.2) is 28.8 Å². The highest BCUT2D eigenvalue weighted by Crippen LogP contribution is 2.16. The molecule has 1 unspecified atom stereocenters. The number of urea groups is 1. The molecular weight excluding hydrogens is 266 g/mol. The molecule has 1 aromatic carbocycles. The van der Waals surface area contributed by atoms with Crippen LogP contribution in [0, 0.1) is 20.8 Å². The van der Waals surface area contributed by atoms with Crippen LogP contribution in [0.1, 0.15) is 41.1 Å². The van der Waals surface area contributed by atoms with Crippen molar-refractivity contribution in [3.05, 3.63) is 52.4 Å². The molecule has 5 nitrogen and oxygen atoms in total. The summed E-state index contributed by atoms with van der Waals surface area (Å²) in [5.41, 5.74) is 4.28. The molecule has 0 saturated carbocycles. The quantitative estimate of drug-likeness (QED) is 0.907. The van der Waals surface area contributed by atoms with Crippen molar-refractivity contribution in [2.75, 3.05) is 0 Å². The summed E-state index contributed by atoms with van der Waals surface area (Å²) in [6.45, 7) is 8.24. The highest BCUT2D eigenvalue weighted by Gasteiger charge is 2.10. The molecule has 2 rings (SSSR count). The number of rotatable bonds is 4. The van der Waals surface area contributed by atoms with Crippen LogP contribution in [-0.2, 0) is 6.54 Å². The van der Waals surface area contributed by atoms with Crippen molar-refractivity contribution in [3.8, 4) is 0 Å². The van der Waals surface area contributed by atoms with Gasteiger partial charge < -0.3 is 15.2 Å². The molecule has 0 fully saturated rings. The van der Waals surface area contributed by atoms with Gasteiger partial charge in [0.25, 0.3) is 0 Å². The first-order chi connectivity index (χ1) is 9.94. The van der Waals surface area contributed by atoms with Gasteiger partial charge in [-0.25, -0.2) is 4.79 Å². The summed E-state index contributed by atoms with van der Waals surface area (Å²) in [6, 6.07) is 7.79. The van der Waals surface area contributed by atoms with Crippen molar-refractivity contribution in [2.45, 2.75) is 40.3 Å². The van der Waals surface area contributed by atoms with Crippen molar-refractivity contribution >= 4 is 6.03 Å². The van der Waals surface area contributed by atoms with Gasteiger partial charge in [0, 0.05) is 6.07 Å². The smallest absolute Gasteiger partial charge is 0.315 e. The maximum Gasteiger partial charge on any atom is 0.315 e. The van der Waals surface area contributed by atoms with E-state index in [9.17, 15) is 4.79 Å². The maximum atomic E-state index is 11.9. The van der Waals surface area contributed by atoms with Crippen molar-refractivity contribution < 1.29 is 9.32 Å². The van der Waals surface area contributed by atoms with E-state index >= 15 is 0 Å². The lowest BCUT2D eigenvalue weighted by Gasteiger charge is -2.16. The zero-order chi connectivity index (χ0) is 15.4. The molecule has 0 bridgehead atoms. The zero-order valence-corrected chi connectivity index (χ0v) is 12.9. The van der Waals surface area contributed by atoms with Crippen LogP contribution < -0.4 is 10.6 Å². The van der Waals surface area contributed by atoms with E-state index in [1.807, 2.05) is 13.8 Å². The molecule has 21 heavy (non-hydrogen) atoms. The van der Waals surface area contributed by atoms with E-state index in [-0.39, 0.29) is 12.1 Å². The summed E-state index contributed by atoms with van der Waals surface area (Å²) in [5.74, 6) is 0.640. The second-order valence-corrected chi connectivity index (χ2v) is 5.40. The Bertz CT molecular complexity index is 614. The van der Waals surface area contributed by atoms with Crippen molar-refractivity contribution in [2.24, 2.45) is 0 Å². The second kappa shape index (κ2) is 6.43. The first-order valence-corrected chi connectivity index (χ1v) is 6.99. The van der Waals surface area contributed by atoms with Gasteiger partial charge in [-0.2, -0.15) is 0 Å². The first kappa shape index (κ1) is 15.1. The number of benzene rings is 1.